The number of hydrogen-bond donors (Lipinski definition) is 2. The van der Waals surface area contributed by atoms with Crippen LogP contribution >= 0.6 is 11.3 Å². The molecule has 1 aliphatic carbocycles. The molecule has 3 rings (SSSR count). The number of aromatic nitrogens is 1. The predicted octanol–water partition coefficient (Wildman–Crippen LogP) is 3.61. The molecule has 1 aromatic carbocycles. The maximum atomic E-state index is 12.5. The van der Waals surface area contributed by atoms with Crippen LogP contribution in [0.5, 0.6) is 0 Å². The molecule has 2 aromatic rings. The Balaban J connectivity index is 1.52. The maximum Gasteiger partial charge on any atom is 0.305 e. The van der Waals surface area contributed by atoms with Crippen molar-refractivity contribution in [1.29, 1.82) is 0 Å². The summed E-state index contributed by atoms with van der Waals surface area (Å²) < 4.78 is 32.4. The number of benzene rings is 1. The molecule has 1 aromatic heterocycles. The predicted molar refractivity (Wildman–Crippen MR) is 110 cm³/mol. The third-order valence-corrected chi connectivity index (χ3v) is 6.89. The zero-order valence-electron chi connectivity index (χ0n) is 16.0. The summed E-state index contributed by atoms with van der Waals surface area (Å²) in [6.45, 7) is 1.76. The van der Waals surface area contributed by atoms with Crippen molar-refractivity contribution in [2.75, 3.05) is 10.0 Å². The number of carbonyl (C=O) groups excluding carboxylic acids is 2. The van der Waals surface area contributed by atoms with Gasteiger partial charge in [0, 0.05) is 29.6 Å². The Bertz CT molecular complexity index is 878. The van der Waals surface area contributed by atoms with Gasteiger partial charge in [0.15, 0.2) is 15.3 Å². The van der Waals surface area contributed by atoms with Gasteiger partial charge in [-0.1, -0.05) is 11.1 Å². The molecule has 1 fully saturated rings. The second kappa shape index (κ2) is 9.47. The molecule has 1 atom stereocenters. The first-order valence-corrected chi connectivity index (χ1v) is 11.8. The van der Waals surface area contributed by atoms with Gasteiger partial charge in [-0.05, 0) is 49.9 Å². The lowest BCUT2D eigenvalue weighted by Gasteiger charge is -2.27. The van der Waals surface area contributed by atoms with E-state index in [0.717, 1.165) is 0 Å². The quantitative estimate of drug-likeness (QED) is 0.504. The van der Waals surface area contributed by atoms with E-state index in [4.69, 9.17) is 4.74 Å². The van der Waals surface area contributed by atoms with Gasteiger partial charge in [-0.25, -0.2) is 4.98 Å². The smallest absolute Gasteiger partial charge is 0.305 e. The van der Waals surface area contributed by atoms with Crippen LogP contribution in [0.4, 0.5) is 10.8 Å². The standard InChI is InChI=1S/C19H23N3O5S2/c1-2-17(23)27-15-7-3-13(4-8-15)18(24)21-14-5-9-16(10-6-14)29(25,26)22-19-20-11-12-28-19/h5-6,9-13,15H,2-4,7-8H2,1H3,(H2-,20,21,22,24,25,26). The first-order valence-electron chi connectivity index (χ1n) is 9.40. The molecule has 0 bridgehead atoms. The number of carbonyl (C=O) groups is 2. The maximum absolute atomic E-state index is 12.5. The molecule has 10 heteroatoms. The van der Waals surface area contributed by atoms with Crippen molar-refractivity contribution >= 4 is 44.4 Å². The fraction of sp³-hybridized carbons (Fsp3) is 0.421. The first kappa shape index (κ1) is 21.4. The highest BCUT2D eigenvalue weighted by Gasteiger charge is 2.28. The van der Waals surface area contributed by atoms with Crippen molar-refractivity contribution in [2.45, 2.75) is 50.0 Å². The fourth-order valence-corrected chi connectivity index (χ4v) is 4.91. The minimum atomic E-state index is -3.72. The lowest BCUT2D eigenvalue weighted by atomic mass is 9.86. The van der Waals surface area contributed by atoms with Gasteiger partial charge >= 0.3 is 5.97 Å². The molecule has 0 aliphatic heterocycles. The number of nitrogens with zero attached hydrogens (tertiary/aromatic N) is 1. The van der Waals surface area contributed by atoms with Crippen molar-refractivity contribution < 1.29 is 23.1 Å². The number of nitrogens with one attached hydrogen (secondary N) is 2. The van der Waals surface area contributed by atoms with Crippen LogP contribution in [0, 0.1) is 5.92 Å². The highest BCUT2D eigenvalue weighted by Crippen LogP contribution is 2.28. The van der Waals surface area contributed by atoms with Gasteiger partial charge in [-0.15, -0.1) is 11.3 Å². The van der Waals surface area contributed by atoms with E-state index in [0.29, 0.717) is 42.9 Å². The molecule has 0 radical (unpaired) electrons. The second-order valence-corrected chi connectivity index (χ2v) is 9.35. The minimum absolute atomic E-state index is 0.0870. The Morgan fingerprint density at radius 2 is 1.93 bits per heavy atom. The zero-order chi connectivity index (χ0) is 20.9. The summed E-state index contributed by atoms with van der Waals surface area (Å²) in [5, 5.41) is 4.80. The molecular weight excluding hydrogens is 414 g/mol. The number of esters is 1. The fourth-order valence-electron chi connectivity index (χ4n) is 3.12. The normalized spacial score (nSPS) is 21.0. The summed E-state index contributed by atoms with van der Waals surface area (Å²) in [6, 6.07) is 5.99. The lowest BCUT2D eigenvalue weighted by Crippen LogP contribution is -2.31. The van der Waals surface area contributed by atoms with E-state index in [1.807, 2.05) is 0 Å². The second-order valence-electron chi connectivity index (χ2n) is 6.77. The number of amides is 1. The Morgan fingerprint density at radius 1 is 1.24 bits per heavy atom. The van der Waals surface area contributed by atoms with Crippen LogP contribution in [0.15, 0.2) is 40.7 Å². The first-order chi connectivity index (χ1) is 13.9. The number of hydrogen-bond acceptors (Lipinski definition) is 7. The summed E-state index contributed by atoms with van der Waals surface area (Å²) >= 11 is 1.19. The molecule has 0 spiro atoms. The van der Waals surface area contributed by atoms with Crippen LogP contribution in [0.1, 0.15) is 39.0 Å². The highest BCUT2D eigenvalue weighted by molar-refractivity contribution is 7.99. The Morgan fingerprint density at radius 3 is 2.52 bits per heavy atom. The van der Waals surface area contributed by atoms with Crippen LogP contribution in [-0.4, -0.2) is 27.5 Å². The summed E-state index contributed by atoms with van der Waals surface area (Å²) in [5.74, 6) is -0.472. The van der Waals surface area contributed by atoms with Crippen LogP contribution in [0.2, 0.25) is 0 Å². The van der Waals surface area contributed by atoms with Crippen LogP contribution in [0.3, 0.4) is 0 Å². The van der Waals surface area contributed by atoms with Crippen LogP contribution in [0.25, 0.3) is 0 Å². The third kappa shape index (κ3) is 5.84. The van der Waals surface area contributed by atoms with E-state index in [-0.39, 0.29) is 28.8 Å². The molecule has 156 valence electrons. The topological polar surface area (TPSA) is 120 Å². The summed E-state index contributed by atoms with van der Waals surface area (Å²) in [4.78, 5) is 27.9. The Labute approximate surface area is 174 Å². The monoisotopic (exact) mass is 437 g/mol. The number of ether oxygens (including phenoxy) is 1. The van der Waals surface area contributed by atoms with Crippen molar-refractivity contribution in [3.05, 3.63) is 35.8 Å². The van der Waals surface area contributed by atoms with Gasteiger partial charge in [0.2, 0.25) is 11.0 Å². The van der Waals surface area contributed by atoms with Gasteiger partial charge < -0.3 is 14.6 Å². The average molecular weight is 438 g/mol. The molecule has 1 amide bonds. The summed E-state index contributed by atoms with van der Waals surface area (Å²) in [7, 11) is -3.72. The van der Waals surface area contributed by atoms with Crippen molar-refractivity contribution in [3.8, 4) is 0 Å². The third-order valence-electron chi connectivity index (χ3n) is 4.72. The van der Waals surface area contributed by atoms with Crippen LogP contribution in [-0.2, 0) is 28.9 Å². The van der Waals surface area contributed by atoms with Crippen molar-refractivity contribution in [1.82, 2.24) is 4.98 Å². The van der Waals surface area contributed by atoms with E-state index >= 15 is 0 Å². The van der Waals surface area contributed by atoms with Crippen molar-refractivity contribution in [2.24, 2.45) is 5.92 Å². The van der Waals surface area contributed by atoms with E-state index in [9.17, 15) is 18.4 Å². The molecule has 1 unspecified atom stereocenters. The molecule has 0 saturated heterocycles. The molecular formula is C19H23N3O5S2. The van der Waals surface area contributed by atoms with E-state index in [1.54, 1.807) is 24.4 Å². The Hall–Kier alpha value is -2.30. The molecule has 1 aliphatic rings. The van der Waals surface area contributed by atoms with Gasteiger partial charge in [0.25, 0.3) is 0 Å². The van der Waals surface area contributed by atoms with Gasteiger partial charge in [0.1, 0.15) is 6.10 Å². The molecule has 29 heavy (non-hydrogen) atoms. The minimum Gasteiger partial charge on any atom is -0.588 e. The Kier molecular flexibility index (Phi) is 6.99. The molecule has 1 saturated carbocycles. The number of rotatable bonds is 7. The van der Waals surface area contributed by atoms with Crippen LogP contribution < -0.4 is 10.0 Å². The lowest BCUT2D eigenvalue weighted by molar-refractivity contribution is -0.150. The molecule has 1 heterocycles. The van der Waals surface area contributed by atoms with Gasteiger partial charge in [-0.3, -0.25) is 9.59 Å². The largest absolute Gasteiger partial charge is 0.588 e. The van der Waals surface area contributed by atoms with Crippen molar-refractivity contribution in [3.63, 3.8) is 0 Å². The highest BCUT2D eigenvalue weighted by atomic mass is 32.3. The summed E-state index contributed by atoms with van der Waals surface area (Å²) in [6.07, 6.45) is 4.40. The molecule has 8 nitrogen and oxygen atoms in total. The van der Waals surface area contributed by atoms with Gasteiger partial charge in [-0.2, -0.15) is 4.72 Å². The number of thiazole rings is 1. The molecule has 2 N–H and O–H groups in total. The van der Waals surface area contributed by atoms with E-state index < -0.39 is 10.4 Å². The number of anilines is 2. The van der Waals surface area contributed by atoms with Gasteiger partial charge in [0.05, 0.1) is 0 Å². The SMILES string of the molecule is CCC(=O)OC1CCC(C(=O)Nc2ccc([S+](=O)([O-])Nc3nccs3)cc2)CC1. The number of sulfonamides is 1. The zero-order valence-corrected chi connectivity index (χ0v) is 17.6. The average Bonchev–Trinajstić information content (AvgIpc) is 3.21. The summed E-state index contributed by atoms with van der Waals surface area (Å²) in [5.41, 5.74) is 0.530. The van der Waals surface area contributed by atoms with E-state index in [2.05, 4.69) is 15.0 Å². The van der Waals surface area contributed by atoms with E-state index in [1.165, 1.54) is 29.7 Å².